The minimum atomic E-state index is -0.379. The predicted octanol–water partition coefficient (Wildman–Crippen LogP) is 2.18. The van der Waals surface area contributed by atoms with Crippen LogP contribution in [0, 0.1) is 5.92 Å². The van der Waals surface area contributed by atoms with Gasteiger partial charge in [-0.2, -0.15) is 5.10 Å². The molecule has 0 saturated carbocycles. The summed E-state index contributed by atoms with van der Waals surface area (Å²) in [6.45, 7) is 2.56. The lowest BCUT2D eigenvalue weighted by molar-refractivity contribution is -0.123. The number of hydrogen-bond acceptors (Lipinski definition) is 5. The number of nitrogens with zero attached hydrogens (tertiary/aromatic N) is 3. The van der Waals surface area contributed by atoms with Crippen molar-refractivity contribution in [2.24, 2.45) is 13.0 Å². The summed E-state index contributed by atoms with van der Waals surface area (Å²) in [4.78, 5) is 14.9. The molecule has 2 unspecified atom stereocenters. The summed E-state index contributed by atoms with van der Waals surface area (Å²) < 4.78 is 7.16. The van der Waals surface area contributed by atoms with Crippen LogP contribution in [0.3, 0.4) is 0 Å². The average molecular weight is 430 g/mol. The first-order chi connectivity index (χ1) is 12.6. The van der Waals surface area contributed by atoms with E-state index in [-0.39, 0.29) is 36.8 Å². The number of methoxy groups -OCH3 is 1. The van der Waals surface area contributed by atoms with E-state index in [1.54, 1.807) is 25.0 Å². The SMILES string of the molecule is CNC(C(=O)NCC1CCN(c2ccccc2OC)C1)c1cnn(C)c1.Cl.Cl. The number of hydrogen-bond donors (Lipinski definition) is 2. The van der Waals surface area contributed by atoms with E-state index in [0.29, 0.717) is 12.5 Å². The largest absolute Gasteiger partial charge is 0.495 e. The second-order valence-corrected chi connectivity index (χ2v) is 6.69. The number of para-hydroxylation sites is 2. The zero-order chi connectivity index (χ0) is 18.5. The Labute approximate surface area is 178 Å². The molecule has 156 valence electrons. The van der Waals surface area contributed by atoms with Crippen LogP contribution in [0.15, 0.2) is 36.7 Å². The minimum absolute atomic E-state index is 0. The van der Waals surface area contributed by atoms with Gasteiger partial charge in [0.15, 0.2) is 0 Å². The number of aromatic nitrogens is 2. The van der Waals surface area contributed by atoms with Crippen LogP contribution in [0.1, 0.15) is 18.0 Å². The van der Waals surface area contributed by atoms with Gasteiger partial charge in [0, 0.05) is 38.4 Å². The van der Waals surface area contributed by atoms with Gasteiger partial charge < -0.3 is 20.3 Å². The molecule has 0 aliphatic carbocycles. The topological polar surface area (TPSA) is 71.4 Å². The molecule has 1 aliphatic heterocycles. The Morgan fingerprint density at radius 1 is 1.36 bits per heavy atom. The van der Waals surface area contributed by atoms with E-state index in [2.05, 4.69) is 26.7 Å². The number of carbonyl (C=O) groups excluding carboxylic acids is 1. The van der Waals surface area contributed by atoms with E-state index in [1.165, 1.54) is 0 Å². The Hall–Kier alpha value is -1.96. The van der Waals surface area contributed by atoms with Gasteiger partial charge in [-0.25, -0.2) is 0 Å². The highest BCUT2D eigenvalue weighted by molar-refractivity contribution is 5.85. The predicted molar refractivity (Wildman–Crippen MR) is 116 cm³/mol. The van der Waals surface area contributed by atoms with Gasteiger partial charge in [0.2, 0.25) is 5.91 Å². The summed E-state index contributed by atoms with van der Waals surface area (Å²) in [6, 6.07) is 7.69. The molecule has 0 radical (unpaired) electrons. The molecule has 1 amide bonds. The first-order valence-corrected chi connectivity index (χ1v) is 8.94. The van der Waals surface area contributed by atoms with Gasteiger partial charge in [0.05, 0.1) is 19.0 Å². The van der Waals surface area contributed by atoms with E-state index >= 15 is 0 Å². The second-order valence-electron chi connectivity index (χ2n) is 6.69. The van der Waals surface area contributed by atoms with Crippen LogP contribution >= 0.6 is 24.8 Å². The third-order valence-electron chi connectivity index (χ3n) is 4.89. The number of nitrogens with one attached hydrogen (secondary N) is 2. The number of carbonyl (C=O) groups is 1. The molecule has 0 bridgehead atoms. The quantitative estimate of drug-likeness (QED) is 0.705. The maximum atomic E-state index is 12.5. The normalized spacial score (nSPS) is 16.7. The lowest BCUT2D eigenvalue weighted by atomic mass is 10.1. The second kappa shape index (κ2) is 11.1. The molecule has 1 fully saturated rings. The summed E-state index contributed by atoms with van der Waals surface area (Å²) in [7, 11) is 5.33. The molecule has 2 atom stereocenters. The van der Waals surface area contributed by atoms with Crippen LogP contribution in [0.5, 0.6) is 5.75 Å². The molecule has 2 aromatic rings. The Balaban J connectivity index is 0.00000196. The van der Waals surface area contributed by atoms with Gasteiger partial charge in [-0.3, -0.25) is 9.48 Å². The van der Waals surface area contributed by atoms with Crippen molar-refractivity contribution in [2.45, 2.75) is 12.5 Å². The van der Waals surface area contributed by atoms with Gasteiger partial charge >= 0.3 is 0 Å². The summed E-state index contributed by atoms with van der Waals surface area (Å²) in [5.41, 5.74) is 1.99. The molecule has 1 saturated heterocycles. The molecule has 7 nitrogen and oxygen atoms in total. The van der Waals surface area contributed by atoms with Crippen LogP contribution < -0.4 is 20.3 Å². The maximum absolute atomic E-state index is 12.5. The van der Waals surface area contributed by atoms with Crippen LogP contribution in [0.2, 0.25) is 0 Å². The van der Waals surface area contributed by atoms with E-state index in [9.17, 15) is 4.79 Å². The van der Waals surface area contributed by atoms with E-state index < -0.39 is 0 Å². The molecular weight excluding hydrogens is 401 g/mol. The maximum Gasteiger partial charge on any atom is 0.241 e. The minimum Gasteiger partial charge on any atom is -0.495 e. The highest BCUT2D eigenvalue weighted by Gasteiger charge is 2.26. The molecular formula is C19H29Cl2N5O2. The third-order valence-corrected chi connectivity index (χ3v) is 4.89. The number of anilines is 1. The third kappa shape index (κ3) is 5.53. The van der Waals surface area contributed by atoms with Crippen LogP contribution in [-0.4, -0.2) is 49.5 Å². The summed E-state index contributed by atoms with van der Waals surface area (Å²) in [5, 5.41) is 10.3. The van der Waals surface area contributed by atoms with Crippen LogP contribution in [0.4, 0.5) is 5.69 Å². The standard InChI is InChI=1S/C19H27N5O2.2ClH/c1-20-18(15-11-22-23(2)13-15)19(25)21-10-14-8-9-24(12-14)16-6-4-5-7-17(16)26-3;;/h4-7,11,13-14,18,20H,8-10,12H2,1-3H3,(H,21,25);2*1H. The van der Waals surface area contributed by atoms with Crippen molar-refractivity contribution in [2.75, 3.05) is 38.7 Å². The van der Waals surface area contributed by atoms with Gasteiger partial charge in [-0.05, 0) is 31.5 Å². The van der Waals surface area contributed by atoms with Crippen molar-refractivity contribution in [1.82, 2.24) is 20.4 Å². The highest BCUT2D eigenvalue weighted by atomic mass is 35.5. The van der Waals surface area contributed by atoms with Gasteiger partial charge in [0.1, 0.15) is 11.8 Å². The molecule has 1 aromatic heterocycles. The molecule has 28 heavy (non-hydrogen) atoms. The summed E-state index contributed by atoms with van der Waals surface area (Å²) in [6.07, 6.45) is 4.63. The molecule has 2 N–H and O–H groups in total. The fourth-order valence-corrected chi connectivity index (χ4v) is 3.49. The van der Waals surface area contributed by atoms with Gasteiger partial charge in [-0.1, -0.05) is 12.1 Å². The number of benzene rings is 1. The summed E-state index contributed by atoms with van der Waals surface area (Å²) >= 11 is 0. The molecule has 1 aliphatic rings. The Kier molecular flexibility index (Phi) is 9.58. The van der Waals surface area contributed by atoms with Gasteiger partial charge in [0.25, 0.3) is 0 Å². The molecule has 0 spiro atoms. The Morgan fingerprint density at radius 2 is 2.11 bits per heavy atom. The number of aryl methyl sites for hydroxylation is 1. The monoisotopic (exact) mass is 429 g/mol. The lowest BCUT2D eigenvalue weighted by Gasteiger charge is -2.21. The molecule has 3 rings (SSSR count). The summed E-state index contributed by atoms with van der Waals surface area (Å²) in [5.74, 6) is 1.30. The van der Waals surface area contributed by atoms with E-state index in [1.807, 2.05) is 31.4 Å². The molecule has 2 heterocycles. The van der Waals surface area contributed by atoms with Crippen molar-refractivity contribution in [3.05, 3.63) is 42.2 Å². The molecule has 9 heteroatoms. The van der Waals surface area contributed by atoms with Crippen molar-refractivity contribution >= 4 is 36.4 Å². The number of ether oxygens (including phenoxy) is 1. The van der Waals surface area contributed by atoms with E-state index in [4.69, 9.17) is 4.74 Å². The van der Waals surface area contributed by atoms with Crippen LogP contribution in [-0.2, 0) is 11.8 Å². The number of rotatable bonds is 7. The highest BCUT2D eigenvalue weighted by Crippen LogP contribution is 2.31. The van der Waals surface area contributed by atoms with Gasteiger partial charge in [-0.15, -0.1) is 24.8 Å². The van der Waals surface area contributed by atoms with Crippen molar-refractivity contribution in [1.29, 1.82) is 0 Å². The Bertz CT molecular complexity index is 755. The number of halogens is 2. The van der Waals surface area contributed by atoms with Crippen LogP contribution in [0.25, 0.3) is 0 Å². The average Bonchev–Trinajstić information content (AvgIpc) is 3.30. The number of amides is 1. The zero-order valence-corrected chi connectivity index (χ0v) is 18.1. The first kappa shape index (κ1) is 24.1. The van der Waals surface area contributed by atoms with Crippen molar-refractivity contribution in [3.8, 4) is 5.75 Å². The first-order valence-electron chi connectivity index (χ1n) is 8.94. The fourth-order valence-electron chi connectivity index (χ4n) is 3.49. The van der Waals surface area contributed by atoms with E-state index in [0.717, 1.165) is 36.5 Å². The zero-order valence-electron chi connectivity index (χ0n) is 16.4. The fraction of sp³-hybridized carbons (Fsp3) is 0.474. The Morgan fingerprint density at radius 3 is 2.75 bits per heavy atom. The number of likely N-dealkylation sites (N-methyl/N-ethyl adjacent to an activating group) is 1. The molecule has 1 aromatic carbocycles. The van der Waals surface area contributed by atoms with Crippen molar-refractivity contribution in [3.63, 3.8) is 0 Å². The van der Waals surface area contributed by atoms with Crippen molar-refractivity contribution < 1.29 is 9.53 Å². The lowest BCUT2D eigenvalue weighted by Crippen LogP contribution is -2.38. The smallest absolute Gasteiger partial charge is 0.241 e.